The van der Waals surface area contributed by atoms with Crippen LogP contribution < -0.4 is 5.32 Å². The molecule has 3 rings (SSSR count). The summed E-state index contributed by atoms with van der Waals surface area (Å²) in [6.07, 6.45) is 5.59. The average Bonchev–Trinajstić information content (AvgIpc) is 2.60. The van der Waals surface area contributed by atoms with Crippen molar-refractivity contribution in [1.29, 1.82) is 0 Å². The largest absolute Gasteiger partial charge is 0.506 e. The molecule has 2 fully saturated rings. The molecular weight excluding hydrogens is 316 g/mol. The number of nitrogens with zero attached hydrogens (tertiary/aromatic N) is 1. The summed E-state index contributed by atoms with van der Waals surface area (Å²) < 4.78 is 0. The first-order valence-electron chi connectivity index (χ1n) is 9.49. The van der Waals surface area contributed by atoms with E-state index in [4.69, 9.17) is 0 Å². The molecule has 25 heavy (non-hydrogen) atoms. The van der Waals surface area contributed by atoms with Crippen molar-refractivity contribution in [2.24, 2.45) is 11.8 Å². The zero-order valence-corrected chi connectivity index (χ0v) is 15.1. The lowest BCUT2D eigenvalue weighted by Crippen LogP contribution is -2.48. The van der Waals surface area contributed by atoms with Gasteiger partial charge in [0, 0.05) is 12.5 Å². The van der Waals surface area contributed by atoms with Gasteiger partial charge in [-0.2, -0.15) is 0 Å². The number of aromatic hydroxyl groups is 1. The Balaban J connectivity index is 1.47. The number of rotatable bonds is 4. The van der Waals surface area contributed by atoms with Crippen LogP contribution in [0.1, 0.15) is 45.4 Å². The number of phenolic OH excluding ortho intramolecular Hbond substituents is 1. The van der Waals surface area contributed by atoms with Gasteiger partial charge < -0.3 is 20.4 Å². The zero-order chi connectivity index (χ0) is 17.9. The average molecular weight is 346 g/mol. The van der Waals surface area contributed by atoms with E-state index in [1.165, 1.54) is 0 Å². The SMILES string of the molecule is CC1CCC(O)(CN2CCC(C(=O)Nc3ccccc3O)CC2)CC1. The highest BCUT2D eigenvalue weighted by Gasteiger charge is 2.35. The van der Waals surface area contributed by atoms with Gasteiger partial charge in [0.2, 0.25) is 5.91 Å². The van der Waals surface area contributed by atoms with Crippen molar-refractivity contribution in [1.82, 2.24) is 4.90 Å². The second-order valence-corrected chi connectivity index (χ2v) is 7.96. The summed E-state index contributed by atoms with van der Waals surface area (Å²) in [5.41, 5.74) is -0.0715. The number of aliphatic hydroxyl groups is 1. The number of carbonyl (C=O) groups excluding carboxylic acids is 1. The van der Waals surface area contributed by atoms with Crippen LogP contribution in [0, 0.1) is 11.8 Å². The van der Waals surface area contributed by atoms with Gasteiger partial charge in [-0.05, 0) is 69.7 Å². The Kier molecular flexibility index (Phi) is 5.64. The minimum Gasteiger partial charge on any atom is -0.506 e. The van der Waals surface area contributed by atoms with E-state index in [9.17, 15) is 15.0 Å². The lowest BCUT2D eigenvalue weighted by molar-refractivity contribution is -0.121. The number of carbonyl (C=O) groups is 1. The van der Waals surface area contributed by atoms with Crippen molar-refractivity contribution >= 4 is 11.6 Å². The second kappa shape index (κ2) is 7.75. The molecule has 3 N–H and O–H groups in total. The number of para-hydroxylation sites is 2. The number of likely N-dealkylation sites (tertiary alicyclic amines) is 1. The van der Waals surface area contributed by atoms with Crippen LogP contribution in [0.25, 0.3) is 0 Å². The monoisotopic (exact) mass is 346 g/mol. The molecule has 0 unspecified atom stereocenters. The summed E-state index contributed by atoms with van der Waals surface area (Å²) in [5, 5.41) is 23.4. The molecule has 0 aromatic heterocycles. The number of hydrogen-bond acceptors (Lipinski definition) is 4. The number of hydrogen-bond donors (Lipinski definition) is 3. The molecular formula is C20H30N2O3. The summed E-state index contributed by atoms with van der Waals surface area (Å²) in [7, 11) is 0. The molecule has 1 aromatic carbocycles. The van der Waals surface area contributed by atoms with E-state index in [0.717, 1.165) is 64.1 Å². The summed E-state index contributed by atoms with van der Waals surface area (Å²) in [6.45, 7) is 4.68. The number of nitrogens with one attached hydrogen (secondary N) is 1. The van der Waals surface area contributed by atoms with Crippen molar-refractivity contribution in [3.05, 3.63) is 24.3 Å². The minimum absolute atomic E-state index is 0.0219. The smallest absolute Gasteiger partial charge is 0.227 e. The highest BCUT2D eigenvalue weighted by atomic mass is 16.3. The maximum absolute atomic E-state index is 12.4. The van der Waals surface area contributed by atoms with E-state index >= 15 is 0 Å². The summed E-state index contributed by atoms with van der Waals surface area (Å²) in [6, 6.07) is 6.82. The molecule has 2 aliphatic rings. The second-order valence-electron chi connectivity index (χ2n) is 7.96. The number of β-amino-alcohol motifs (C(OH)–C–C–N with tert-alkyl or cyclic N) is 1. The number of phenols is 1. The van der Waals surface area contributed by atoms with E-state index < -0.39 is 5.60 Å². The standard InChI is InChI=1S/C20H30N2O3/c1-15-6-10-20(25,11-7-15)14-22-12-8-16(9-13-22)19(24)21-17-4-2-3-5-18(17)23/h2-5,15-16,23,25H,6-14H2,1H3,(H,21,24). The first-order chi connectivity index (χ1) is 12.0. The molecule has 1 heterocycles. The molecule has 1 saturated carbocycles. The van der Waals surface area contributed by atoms with Crippen molar-refractivity contribution < 1.29 is 15.0 Å². The van der Waals surface area contributed by atoms with Crippen LogP contribution in [0.2, 0.25) is 0 Å². The summed E-state index contributed by atoms with van der Waals surface area (Å²) in [4.78, 5) is 14.7. The quantitative estimate of drug-likeness (QED) is 0.733. The van der Waals surface area contributed by atoms with Crippen LogP contribution in [0.15, 0.2) is 24.3 Å². The fraction of sp³-hybridized carbons (Fsp3) is 0.650. The molecule has 1 saturated heterocycles. The molecule has 5 nitrogen and oxygen atoms in total. The predicted octanol–water partition coefficient (Wildman–Crippen LogP) is 2.98. The molecule has 1 amide bonds. The van der Waals surface area contributed by atoms with Gasteiger partial charge in [0.25, 0.3) is 0 Å². The van der Waals surface area contributed by atoms with E-state index in [2.05, 4.69) is 17.1 Å². The Hall–Kier alpha value is -1.59. The first-order valence-corrected chi connectivity index (χ1v) is 9.49. The lowest BCUT2D eigenvalue weighted by atomic mass is 9.79. The van der Waals surface area contributed by atoms with Crippen molar-refractivity contribution in [3.8, 4) is 5.75 Å². The Morgan fingerprint density at radius 2 is 1.84 bits per heavy atom. The Morgan fingerprint density at radius 3 is 2.48 bits per heavy atom. The van der Waals surface area contributed by atoms with Crippen molar-refractivity contribution in [2.75, 3.05) is 25.0 Å². The molecule has 1 aromatic rings. The fourth-order valence-corrected chi connectivity index (χ4v) is 4.04. The third-order valence-electron chi connectivity index (χ3n) is 5.84. The van der Waals surface area contributed by atoms with Gasteiger partial charge >= 0.3 is 0 Å². The highest BCUT2D eigenvalue weighted by molar-refractivity contribution is 5.93. The van der Waals surface area contributed by atoms with Crippen molar-refractivity contribution in [2.45, 2.75) is 51.0 Å². The highest BCUT2D eigenvalue weighted by Crippen LogP contribution is 2.33. The fourth-order valence-electron chi connectivity index (χ4n) is 4.04. The molecule has 0 atom stereocenters. The van der Waals surface area contributed by atoms with Gasteiger partial charge in [0.1, 0.15) is 5.75 Å². The van der Waals surface area contributed by atoms with Gasteiger partial charge in [-0.15, -0.1) is 0 Å². The van der Waals surface area contributed by atoms with Gasteiger partial charge in [0.15, 0.2) is 0 Å². The Labute approximate surface area is 150 Å². The van der Waals surface area contributed by atoms with E-state index in [-0.39, 0.29) is 17.6 Å². The molecule has 1 aliphatic carbocycles. The maximum atomic E-state index is 12.4. The van der Waals surface area contributed by atoms with Gasteiger partial charge in [0.05, 0.1) is 11.3 Å². The molecule has 5 heteroatoms. The number of amides is 1. The first kappa shape index (κ1) is 18.2. The number of anilines is 1. The van der Waals surface area contributed by atoms with Crippen LogP contribution in [-0.4, -0.2) is 46.3 Å². The van der Waals surface area contributed by atoms with Crippen LogP contribution in [0.4, 0.5) is 5.69 Å². The third kappa shape index (κ3) is 4.73. The minimum atomic E-state index is -0.544. The summed E-state index contributed by atoms with van der Waals surface area (Å²) in [5.74, 6) is 0.773. The molecule has 0 bridgehead atoms. The molecule has 0 radical (unpaired) electrons. The summed E-state index contributed by atoms with van der Waals surface area (Å²) >= 11 is 0. The Morgan fingerprint density at radius 1 is 1.20 bits per heavy atom. The van der Waals surface area contributed by atoms with Crippen molar-refractivity contribution in [3.63, 3.8) is 0 Å². The van der Waals surface area contributed by atoms with Gasteiger partial charge in [-0.25, -0.2) is 0 Å². The van der Waals surface area contributed by atoms with Crippen LogP contribution in [0.5, 0.6) is 5.75 Å². The van der Waals surface area contributed by atoms with E-state index in [0.29, 0.717) is 5.69 Å². The van der Waals surface area contributed by atoms with Gasteiger partial charge in [-0.3, -0.25) is 4.79 Å². The Bertz CT molecular complexity index is 588. The van der Waals surface area contributed by atoms with E-state index in [1.54, 1.807) is 24.3 Å². The van der Waals surface area contributed by atoms with Crippen LogP contribution >= 0.6 is 0 Å². The number of piperidine rings is 1. The lowest BCUT2D eigenvalue weighted by Gasteiger charge is -2.41. The third-order valence-corrected chi connectivity index (χ3v) is 5.84. The van der Waals surface area contributed by atoms with E-state index in [1.807, 2.05) is 0 Å². The predicted molar refractivity (Wildman–Crippen MR) is 98.5 cm³/mol. The molecule has 138 valence electrons. The maximum Gasteiger partial charge on any atom is 0.227 e. The molecule has 0 spiro atoms. The topological polar surface area (TPSA) is 72.8 Å². The normalized spacial score (nSPS) is 28.6. The molecule has 1 aliphatic heterocycles. The van der Waals surface area contributed by atoms with Gasteiger partial charge in [-0.1, -0.05) is 19.1 Å². The number of benzene rings is 1. The zero-order valence-electron chi connectivity index (χ0n) is 15.1. The van der Waals surface area contributed by atoms with Crippen LogP contribution in [0.3, 0.4) is 0 Å². The van der Waals surface area contributed by atoms with Crippen LogP contribution in [-0.2, 0) is 4.79 Å².